The summed E-state index contributed by atoms with van der Waals surface area (Å²) in [6, 6.07) is 13.1. The van der Waals surface area contributed by atoms with Gasteiger partial charge in [0.05, 0.1) is 11.4 Å². The fraction of sp³-hybridized carbons (Fsp3) is 0.300. The minimum atomic E-state index is -3.24. The first-order valence-electron chi connectivity index (χ1n) is 9.09. The Labute approximate surface area is 164 Å². The summed E-state index contributed by atoms with van der Waals surface area (Å²) < 4.78 is 25.3. The number of nitrogens with one attached hydrogen (secondary N) is 2. The summed E-state index contributed by atoms with van der Waals surface area (Å²) in [5.74, 6) is -0.323. The second kappa shape index (κ2) is 8.02. The van der Waals surface area contributed by atoms with Crippen LogP contribution < -0.4 is 14.9 Å². The molecule has 148 valence electrons. The lowest BCUT2D eigenvalue weighted by Crippen LogP contribution is -2.30. The molecule has 1 saturated heterocycles. The molecule has 1 aliphatic heterocycles. The molecule has 0 aromatic heterocycles. The van der Waals surface area contributed by atoms with E-state index in [1.54, 1.807) is 48.5 Å². The summed E-state index contributed by atoms with van der Waals surface area (Å²) in [4.78, 5) is 24.4. The van der Waals surface area contributed by atoms with Gasteiger partial charge in [-0.2, -0.15) is 0 Å². The molecule has 3 rings (SSSR count). The van der Waals surface area contributed by atoms with Gasteiger partial charge in [-0.05, 0) is 68.8 Å². The van der Waals surface area contributed by atoms with Crippen molar-refractivity contribution in [2.24, 2.45) is 0 Å². The third-order valence-electron chi connectivity index (χ3n) is 4.34. The molecule has 0 spiro atoms. The van der Waals surface area contributed by atoms with Gasteiger partial charge < -0.3 is 10.6 Å². The van der Waals surface area contributed by atoms with Gasteiger partial charge in [-0.3, -0.25) is 13.9 Å². The highest BCUT2D eigenvalue weighted by Gasteiger charge is 2.28. The van der Waals surface area contributed by atoms with Crippen molar-refractivity contribution in [3.05, 3.63) is 59.7 Å². The summed E-state index contributed by atoms with van der Waals surface area (Å²) in [6.45, 7) is 4.23. The Morgan fingerprint density at radius 2 is 1.50 bits per heavy atom. The van der Waals surface area contributed by atoms with Gasteiger partial charge in [-0.25, -0.2) is 8.42 Å². The summed E-state index contributed by atoms with van der Waals surface area (Å²) in [5.41, 5.74) is 2.07. The van der Waals surface area contributed by atoms with E-state index in [0.29, 0.717) is 35.5 Å². The topological polar surface area (TPSA) is 95.6 Å². The Balaban J connectivity index is 1.65. The fourth-order valence-corrected chi connectivity index (χ4v) is 4.53. The number of rotatable bonds is 5. The summed E-state index contributed by atoms with van der Waals surface area (Å²) in [5, 5.41) is 5.57. The van der Waals surface area contributed by atoms with Crippen LogP contribution in [0.2, 0.25) is 0 Å². The van der Waals surface area contributed by atoms with Crippen LogP contribution in [0.25, 0.3) is 0 Å². The predicted octanol–water partition coefficient (Wildman–Crippen LogP) is 2.62. The van der Waals surface area contributed by atoms with Crippen molar-refractivity contribution in [1.29, 1.82) is 0 Å². The highest BCUT2D eigenvalue weighted by atomic mass is 32.2. The van der Waals surface area contributed by atoms with Crippen LogP contribution in [-0.2, 0) is 10.0 Å². The Bertz CT molecular complexity index is 968. The summed E-state index contributed by atoms with van der Waals surface area (Å²) >= 11 is 0. The lowest BCUT2D eigenvalue weighted by atomic mass is 10.1. The zero-order valence-electron chi connectivity index (χ0n) is 15.8. The van der Waals surface area contributed by atoms with E-state index in [-0.39, 0.29) is 23.6 Å². The van der Waals surface area contributed by atoms with E-state index < -0.39 is 10.0 Å². The molecule has 1 aliphatic rings. The van der Waals surface area contributed by atoms with Crippen LogP contribution in [-0.4, -0.2) is 38.6 Å². The van der Waals surface area contributed by atoms with Crippen LogP contribution in [0, 0.1) is 0 Å². The third-order valence-corrected chi connectivity index (χ3v) is 6.21. The van der Waals surface area contributed by atoms with Gasteiger partial charge in [0.2, 0.25) is 10.0 Å². The number of hydrogen-bond acceptors (Lipinski definition) is 4. The monoisotopic (exact) mass is 401 g/mol. The Morgan fingerprint density at radius 1 is 0.929 bits per heavy atom. The van der Waals surface area contributed by atoms with E-state index in [1.165, 1.54) is 4.31 Å². The molecule has 2 aromatic rings. The lowest BCUT2D eigenvalue weighted by Gasteiger charge is -2.17. The minimum absolute atomic E-state index is 0.0467. The van der Waals surface area contributed by atoms with E-state index in [1.807, 2.05) is 13.8 Å². The number of sulfonamides is 1. The standard InChI is InChI=1S/C20H23N3O4S/c1-14(2)21-19(24)15-4-8-17(9-5-15)22-20(25)16-6-10-18(11-7-16)23-12-3-13-28(23,26)27/h4-11,14H,3,12-13H2,1-2H3,(H,21,24)(H,22,25). The second-order valence-corrected chi connectivity index (χ2v) is 8.96. The van der Waals surface area contributed by atoms with Gasteiger partial charge in [0.1, 0.15) is 0 Å². The van der Waals surface area contributed by atoms with Crippen molar-refractivity contribution in [2.45, 2.75) is 26.3 Å². The van der Waals surface area contributed by atoms with Gasteiger partial charge in [0.25, 0.3) is 11.8 Å². The first-order valence-corrected chi connectivity index (χ1v) is 10.7. The van der Waals surface area contributed by atoms with Crippen molar-refractivity contribution in [1.82, 2.24) is 5.32 Å². The molecule has 0 radical (unpaired) electrons. The highest BCUT2D eigenvalue weighted by molar-refractivity contribution is 7.93. The van der Waals surface area contributed by atoms with E-state index in [9.17, 15) is 18.0 Å². The van der Waals surface area contributed by atoms with Gasteiger partial charge in [0, 0.05) is 29.4 Å². The number of amides is 2. The van der Waals surface area contributed by atoms with Gasteiger partial charge in [-0.1, -0.05) is 0 Å². The smallest absolute Gasteiger partial charge is 0.255 e. The van der Waals surface area contributed by atoms with Crippen molar-refractivity contribution in [3.63, 3.8) is 0 Å². The average molecular weight is 401 g/mol. The number of carbonyl (C=O) groups excluding carboxylic acids is 2. The molecule has 7 nitrogen and oxygen atoms in total. The van der Waals surface area contributed by atoms with Crippen LogP contribution in [0.1, 0.15) is 41.0 Å². The largest absolute Gasteiger partial charge is 0.350 e. The maximum Gasteiger partial charge on any atom is 0.255 e. The molecule has 0 unspecified atom stereocenters. The molecular weight excluding hydrogens is 378 g/mol. The normalized spacial score (nSPS) is 15.5. The molecule has 28 heavy (non-hydrogen) atoms. The quantitative estimate of drug-likeness (QED) is 0.805. The van der Waals surface area contributed by atoms with Crippen LogP contribution in [0.4, 0.5) is 11.4 Å². The number of anilines is 2. The lowest BCUT2D eigenvalue weighted by molar-refractivity contribution is 0.0942. The van der Waals surface area contributed by atoms with Crippen LogP contribution >= 0.6 is 0 Å². The number of nitrogens with zero attached hydrogens (tertiary/aromatic N) is 1. The fourth-order valence-electron chi connectivity index (χ4n) is 2.96. The van der Waals surface area contributed by atoms with E-state index in [0.717, 1.165) is 0 Å². The Hall–Kier alpha value is -2.87. The molecule has 0 saturated carbocycles. The molecule has 8 heteroatoms. The minimum Gasteiger partial charge on any atom is -0.350 e. The molecule has 2 N–H and O–H groups in total. The second-order valence-electron chi connectivity index (χ2n) is 6.95. The summed E-state index contributed by atoms with van der Waals surface area (Å²) in [7, 11) is -3.24. The van der Waals surface area contributed by atoms with Crippen LogP contribution in [0.5, 0.6) is 0 Å². The van der Waals surface area contributed by atoms with E-state index in [4.69, 9.17) is 0 Å². The molecular formula is C20H23N3O4S. The Morgan fingerprint density at radius 3 is 2.04 bits per heavy atom. The number of hydrogen-bond donors (Lipinski definition) is 2. The Kier molecular flexibility index (Phi) is 5.69. The molecule has 0 atom stereocenters. The van der Waals surface area contributed by atoms with Gasteiger partial charge in [0.15, 0.2) is 0 Å². The maximum atomic E-state index is 12.4. The summed E-state index contributed by atoms with van der Waals surface area (Å²) in [6.07, 6.45) is 0.607. The number of benzene rings is 2. The molecule has 2 amide bonds. The van der Waals surface area contributed by atoms with Crippen molar-refractivity contribution < 1.29 is 18.0 Å². The predicted molar refractivity (Wildman–Crippen MR) is 109 cm³/mol. The molecule has 0 bridgehead atoms. The average Bonchev–Trinajstić information content (AvgIpc) is 3.01. The van der Waals surface area contributed by atoms with Crippen LogP contribution in [0.3, 0.4) is 0 Å². The van der Waals surface area contributed by atoms with Gasteiger partial charge >= 0.3 is 0 Å². The van der Waals surface area contributed by atoms with Crippen molar-refractivity contribution in [3.8, 4) is 0 Å². The first kappa shape index (κ1) is 19.9. The van der Waals surface area contributed by atoms with E-state index >= 15 is 0 Å². The zero-order chi connectivity index (χ0) is 20.3. The molecule has 1 fully saturated rings. The van der Waals surface area contributed by atoms with E-state index in [2.05, 4.69) is 10.6 Å². The van der Waals surface area contributed by atoms with Crippen molar-refractivity contribution in [2.75, 3.05) is 21.9 Å². The molecule has 2 aromatic carbocycles. The zero-order valence-corrected chi connectivity index (χ0v) is 16.6. The van der Waals surface area contributed by atoms with Crippen molar-refractivity contribution >= 4 is 33.2 Å². The highest BCUT2D eigenvalue weighted by Crippen LogP contribution is 2.24. The molecule has 1 heterocycles. The molecule has 0 aliphatic carbocycles. The van der Waals surface area contributed by atoms with Crippen LogP contribution in [0.15, 0.2) is 48.5 Å². The third kappa shape index (κ3) is 4.51. The SMILES string of the molecule is CC(C)NC(=O)c1ccc(NC(=O)c2ccc(N3CCCS3(=O)=O)cc2)cc1. The first-order chi connectivity index (χ1) is 13.3. The maximum absolute atomic E-state index is 12.4. The number of carbonyl (C=O) groups is 2. The van der Waals surface area contributed by atoms with Gasteiger partial charge in [-0.15, -0.1) is 0 Å².